The lowest BCUT2D eigenvalue weighted by atomic mass is 9.92. The largest absolute Gasteiger partial charge is 0.462 e. The topological polar surface area (TPSA) is 26.3 Å². The predicted octanol–water partition coefficient (Wildman–Crippen LogP) is 2.68. The third-order valence-corrected chi connectivity index (χ3v) is 3.54. The van der Waals surface area contributed by atoms with Crippen LogP contribution in [0.1, 0.15) is 39.5 Å². The normalized spacial score (nSPS) is 37.9. The molecule has 78 valence electrons. The molecule has 0 aromatic rings. The first kappa shape index (κ1) is 9.75. The van der Waals surface area contributed by atoms with Crippen LogP contribution in [0, 0.1) is 11.8 Å². The van der Waals surface area contributed by atoms with E-state index in [0.717, 1.165) is 12.3 Å². The average Bonchev–Trinajstić information content (AvgIpc) is 2.75. The molecule has 0 heterocycles. The van der Waals surface area contributed by atoms with E-state index in [2.05, 4.69) is 13.0 Å². The van der Waals surface area contributed by atoms with E-state index in [4.69, 9.17) is 4.74 Å². The molecule has 2 fully saturated rings. The summed E-state index contributed by atoms with van der Waals surface area (Å²) >= 11 is 0. The lowest BCUT2D eigenvalue weighted by molar-refractivity contribution is -0.150. The molecule has 14 heavy (non-hydrogen) atoms. The molecule has 0 amide bonds. The number of carbonyl (C=O) groups is 1. The monoisotopic (exact) mass is 194 g/mol. The van der Waals surface area contributed by atoms with Gasteiger partial charge in [-0.1, -0.05) is 18.6 Å². The first-order valence-electron chi connectivity index (χ1n) is 5.59. The number of ether oxygens (including phenoxy) is 1. The van der Waals surface area contributed by atoms with Crippen molar-refractivity contribution in [1.82, 2.24) is 0 Å². The molecule has 2 nitrogen and oxygen atoms in total. The highest BCUT2D eigenvalue weighted by atomic mass is 16.5. The Morgan fingerprint density at radius 3 is 2.93 bits per heavy atom. The quantitative estimate of drug-likeness (QED) is 0.499. The Balaban J connectivity index is 2.00. The molecule has 3 atom stereocenters. The van der Waals surface area contributed by atoms with Gasteiger partial charge in [0.25, 0.3) is 0 Å². The lowest BCUT2D eigenvalue weighted by Crippen LogP contribution is -2.25. The smallest absolute Gasteiger partial charge is 0.305 e. The fourth-order valence-corrected chi connectivity index (χ4v) is 2.86. The van der Waals surface area contributed by atoms with Gasteiger partial charge in [0.1, 0.15) is 6.10 Å². The molecule has 0 spiro atoms. The maximum Gasteiger partial charge on any atom is 0.305 e. The molecule has 0 aromatic carbocycles. The van der Waals surface area contributed by atoms with Gasteiger partial charge < -0.3 is 4.74 Å². The van der Waals surface area contributed by atoms with Gasteiger partial charge in [-0.25, -0.2) is 0 Å². The van der Waals surface area contributed by atoms with E-state index in [1.54, 1.807) is 0 Å². The second-order valence-electron chi connectivity index (χ2n) is 4.39. The summed E-state index contributed by atoms with van der Waals surface area (Å²) in [4.78, 5) is 11.2. The second kappa shape index (κ2) is 3.76. The standard InChI is InChI=1S/C12H18O2/c1-3-9-5-8-6-10(9)11(7-8)14-12(13)4-2/h3,8,10-11H,4-7H2,1-2H3/b9-3+. The summed E-state index contributed by atoms with van der Waals surface area (Å²) in [6, 6.07) is 0. The van der Waals surface area contributed by atoms with E-state index in [9.17, 15) is 4.79 Å². The van der Waals surface area contributed by atoms with Gasteiger partial charge in [-0.2, -0.15) is 0 Å². The van der Waals surface area contributed by atoms with Gasteiger partial charge in [0, 0.05) is 12.3 Å². The molecular weight excluding hydrogens is 176 g/mol. The Kier molecular flexibility index (Phi) is 2.62. The van der Waals surface area contributed by atoms with Crippen molar-refractivity contribution in [3.05, 3.63) is 11.6 Å². The number of esters is 1. The number of rotatable bonds is 2. The Morgan fingerprint density at radius 1 is 1.57 bits per heavy atom. The van der Waals surface area contributed by atoms with Crippen LogP contribution >= 0.6 is 0 Å². The first-order chi connectivity index (χ1) is 6.74. The summed E-state index contributed by atoms with van der Waals surface area (Å²) in [5.41, 5.74) is 1.51. The molecule has 0 aliphatic heterocycles. The van der Waals surface area contributed by atoms with Crippen molar-refractivity contribution >= 4 is 5.97 Å². The van der Waals surface area contributed by atoms with Gasteiger partial charge in [-0.05, 0) is 32.1 Å². The summed E-state index contributed by atoms with van der Waals surface area (Å²) in [7, 11) is 0. The highest BCUT2D eigenvalue weighted by Gasteiger charge is 2.44. The molecule has 2 saturated carbocycles. The number of hydrogen-bond acceptors (Lipinski definition) is 2. The fraction of sp³-hybridized carbons (Fsp3) is 0.750. The molecule has 2 bridgehead atoms. The van der Waals surface area contributed by atoms with Gasteiger partial charge >= 0.3 is 5.97 Å². The van der Waals surface area contributed by atoms with E-state index >= 15 is 0 Å². The highest BCUT2D eigenvalue weighted by Crippen LogP contribution is 2.49. The zero-order valence-electron chi connectivity index (χ0n) is 8.95. The van der Waals surface area contributed by atoms with Crippen molar-refractivity contribution in [2.24, 2.45) is 11.8 Å². The molecule has 2 rings (SSSR count). The molecule has 2 aliphatic rings. The SMILES string of the molecule is C/C=C1\CC2CC(OC(=O)CC)C1C2. The van der Waals surface area contributed by atoms with Crippen LogP contribution in [0.2, 0.25) is 0 Å². The molecule has 3 unspecified atom stereocenters. The maximum atomic E-state index is 11.2. The molecular formula is C12H18O2. The van der Waals surface area contributed by atoms with Crippen LogP contribution in [0.15, 0.2) is 11.6 Å². The predicted molar refractivity (Wildman–Crippen MR) is 54.8 cm³/mol. The maximum absolute atomic E-state index is 11.2. The number of fused-ring (bicyclic) bond motifs is 2. The van der Waals surface area contributed by atoms with Gasteiger partial charge in [0.2, 0.25) is 0 Å². The van der Waals surface area contributed by atoms with Gasteiger partial charge in [-0.15, -0.1) is 0 Å². The van der Waals surface area contributed by atoms with E-state index in [1.165, 1.54) is 18.4 Å². The third-order valence-electron chi connectivity index (χ3n) is 3.54. The molecule has 0 N–H and O–H groups in total. The average molecular weight is 194 g/mol. The van der Waals surface area contributed by atoms with Crippen LogP contribution in [0.25, 0.3) is 0 Å². The van der Waals surface area contributed by atoms with Gasteiger partial charge in [0.05, 0.1) is 0 Å². The van der Waals surface area contributed by atoms with Gasteiger partial charge in [0.15, 0.2) is 0 Å². The molecule has 0 aromatic heterocycles. The van der Waals surface area contributed by atoms with Crippen LogP contribution in [0.5, 0.6) is 0 Å². The van der Waals surface area contributed by atoms with Crippen molar-refractivity contribution in [3.8, 4) is 0 Å². The van der Waals surface area contributed by atoms with Crippen molar-refractivity contribution < 1.29 is 9.53 Å². The molecule has 2 aliphatic carbocycles. The van der Waals surface area contributed by atoms with Crippen molar-refractivity contribution in [1.29, 1.82) is 0 Å². The van der Waals surface area contributed by atoms with Crippen LogP contribution in [0.3, 0.4) is 0 Å². The van der Waals surface area contributed by atoms with E-state index in [-0.39, 0.29) is 12.1 Å². The zero-order chi connectivity index (χ0) is 10.1. The first-order valence-corrected chi connectivity index (χ1v) is 5.59. The second-order valence-corrected chi connectivity index (χ2v) is 4.39. The Labute approximate surface area is 85.3 Å². The van der Waals surface area contributed by atoms with Crippen molar-refractivity contribution in [3.63, 3.8) is 0 Å². The number of hydrogen-bond donors (Lipinski definition) is 0. The lowest BCUT2D eigenvalue weighted by Gasteiger charge is -2.24. The van der Waals surface area contributed by atoms with Crippen LogP contribution in [0.4, 0.5) is 0 Å². The van der Waals surface area contributed by atoms with Crippen LogP contribution < -0.4 is 0 Å². The summed E-state index contributed by atoms with van der Waals surface area (Å²) in [6.07, 6.45) is 6.46. The third kappa shape index (κ3) is 1.58. The van der Waals surface area contributed by atoms with Gasteiger partial charge in [-0.3, -0.25) is 4.79 Å². The van der Waals surface area contributed by atoms with E-state index < -0.39 is 0 Å². The number of allylic oxidation sites excluding steroid dienone is 1. The summed E-state index contributed by atoms with van der Waals surface area (Å²) in [5, 5.41) is 0. The van der Waals surface area contributed by atoms with E-state index in [1.807, 2.05) is 6.92 Å². The minimum absolute atomic E-state index is 0.0435. The molecule has 0 saturated heterocycles. The number of carbonyl (C=O) groups excluding carboxylic acids is 1. The Morgan fingerprint density at radius 2 is 2.36 bits per heavy atom. The highest BCUT2D eigenvalue weighted by molar-refractivity contribution is 5.69. The zero-order valence-corrected chi connectivity index (χ0v) is 8.95. The van der Waals surface area contributed by atoms with Crippen molar-refractivity contribution in [2.45, 2.75) is 45.6 Å². The summed E-state index contributed by atoms with van der Waals surface area (Å²) in [5.74, 6) is 1.28. The summed E-state index contributed by atoms with van der Waals surface area (Å²) < 4.78 is 5.45. The van der Waals surface area contributed by atoms with Crippen LogP contribution in [-0.4, -0.2) is 12.1 Å². The van der Waals surface area contributed by atoms with Crippen LogP contribution in [-0.2, 0) is 9.53 Å². The Hall–Kier alpha value is -0.790. The molecule has 2 heteroatoms. The Bertz CT molecular complexity index is 267. The molecule has 0 radical (unpaired) electrons. The fourth-order valence-electron chi connectivity index (χ4n) is 2.86. The minimum atomic E-state index is -0.0435. The van der Waals surface area contributed by atoms with E-state index in [0.29, 0.717) is 12.3 Å². The minimum Gasteiger partial charge on any atom is -0.462 e. The summed E-state index contributed by atoms with van der Waals surface area (Å²) in [6.45, 7) is 3.95. The van der Waals surface area contributed by atoms with Crippen molar-refractivity contribution in [2.75, 3.05) is 0 Å².